The second-order valence-electron chi connectivity index (χ2n) is 8.67. The van der Waals surface area contributed by atoms with Crippen LogP contribution in [0.2, 0.25) is 0 Å². The summed E-state index contributed by atoms with van der Waals surface area (Å²) in [7, 11) is 3.14. The smallest absolute Gasteiger partial charge is 0.290 e. The fraction of sp³-hybridized carbons (Fsp3) is 0.241. The Kier molecular flexibility index (Phi) is 6.48. The number of para-hydroxylation sites is 1. The van der Waals surface area contributed by atoms with Gasteiger partial charge in [0.15, 0.2) is 28.4 Å². The second-order valence-corrected chi connectivity index (χ2v) is 8.67. The molecule has 1 unspecified atom stereocenters. The molecule has 0 saturated heterocycles. The molecule has 1 aliphatic heterocycles. The van der Waals surface area contributed by atoms with E-state index in [0.29, 0.717) is 47.6 Å². The van der Waals surface area contributed by atoms with E-state index in [2.05, 4.69) is 0 Å². The predicted molar refractivity (Wildman–Crippen MR) is 138 cm³/mol. The van der Waals surface area contributed by atoms with Gasteiger partial charge in [-0.05, 0) is 60.9 Å². The normalized spacial score (nSPS) is 14.6. The first kappa shape index (κ1) is 24.2. The molecule has 0 spiro atoms. The van der Waals surface area contributed by atoms with Crippen LogP contribution in [0.3, 0.4) is 0 Å². The molecule has 3 aromatic carbocycles. The van der Waals surface area contributed by atoms with Crippen molar-refractivity contribution in [3.05, 3.63) is 93.3 Å². The van der Waals surface area contributed by atoms with Gasteiger partial charge < -0.3 is 28.6 Å². The first-order valence-electron chi connectivity index (χ1n) is 12.0. The Morgan fingerprint density at radius 1 is 0.946 bits per heavy atom. The first-order valence-corrected chi connectivity index (χ1v) is 12.0. The van der Waals surface area contributed by atoms with Crippen molar-refractivity contribution in [1.82, 2.24) is 4.90 Å². The van der Waals surface area contributed by atoms with Crippen LogP contribution in [-0.2, 0) is 6.42 Å². The number of nitrogens with zero attached hydrogens (tertiary/aromatic N) is 1. The molecule has 190 valence electrons. The molecule has 0 saturated carbocycles. The average Bonchev–Trinajstić information content (AvgIpc) is 3.20. The standard InChI is InChI=1S/C29H27NO7/c1-4-36-23-16-18(10-11-20(23)31)26-25-27(32)19-7-5-6-8-21(19)37-28(25)29(33)30(26)14-13-17-9-12-22(34-2)24(15-17)35-3/h5-12,15-16,26,31H,4,13-14H2,1-3H3. The van der Waals surface area contributed by atoms with E-state index < -0.39 is 6.04 Å². The summed E-state index contributed by atoms with van der Waals surface area (Å²) in [6.07, 6.45) is 0.501. The van der Waals surface area contributed by atoms with Crippen molar-refractivity contribution in [1.29, 1.82) is 0 Å². The molecule has 1 N–H and O–H groups in total. The first-order chi connectivity index (χ1) is 18.0. The molecule has 1 aromatic heterocycles. The Labute approximate surface area is 213 Å². The molecule has 1 aliphatic rings. The second kappa shape index (κ2) is 9.89. The maximum Gasteiger partial charge on any atom is 0.290 e. The van der Waals surface area contributed by atoms with Gasteiger partial charge in [-0.15, -0.1) is 0 Å². The zero-order valence-corrected chi connectivity index (χ0v) is 20.8. The number of phenols is 1. The SMILES string of the molecule is CCOc1cc(C2c3c(oc4ccccc4c3=O)C(=O)N2CCc2ccc(OC)c(OC)c2)ccc1O. The summed E-state index contributed by atoms with van der Waals surface area (Å²) in [5.41, 5.74) is 1.97. The summed E-state index contributed by atoms with van der Waals surface area (Å²) in [4.78, 5) is 29.0. The van der Waals surface area contributed by atoms with Crippen LogP contribution in [0.15, 0.2) is 69.9 Å². The molecule has 4 aromatic rings. The third-order valence-corrected chi connectivity index (χ3v) is 6.56. The van der Waals surface area contributed by atoms with E-state index in [9.17, 15) is 14.7 Å². The minimum Gasteiger partial charge on any atom is -0.504 e. The molecule has 0 radical (unpaired) electrons. The van der Waals surface area contributed by atoms with Gasteiger partial charge in [-0.25, -0.2) is 0 Å². The van der Waals surface area contributed by atoms with E-state index in [1.807, 2.05) is 25.1 Å². The number of rotatable bonds is 8. The lowest BCUT2D eigenvalue weighted by atomic mass is 9.97. The maximum absolute atomic E-state index is 13.7. The zero-order valence-electron chi connectivity index (χ0n) is 20.8. The third-order valence-electron chi connectivity index (χ3n) is 6.56. The highest BCUT2D eigenvalue weighted by Gasteiger charge is 2.42. The minimum absolute atomic E-state index is 0.0161. The number of methoxy groups -OCH3 is 2. The summed E-state index contributed by atoms with van der Waals surface area (Å²) >= 11 is 0. The van der Waals surface area contributed by atoms with E-state index in [4.69, 9.17) is 18.6 Å². The monoisotopic (exact) mass is 501 g/mol. The van der Waals surface area contributed by atoms with Crippen LogP contribution in [-0.4, -0.2) is 43.3 Å². The largest absolute Gasteiger partial charge is 0.504 e. The van der Waals surface area contributed by atoms with Gasteiger partial charge >= 0.3 is 0 Å². The quantitative estimate of drug-likeness (QED) is 0.374. The van der Waals surface area contributed by atoms with Crippen LogP contribution >= 0.6 is 0 Å². The summed E-state index contributed by atoms with van der Waals surface area (Å²) in [5.74, 6) is 1.14. The molecule has 1 amide bonds. The highest BCUT2D eigenvalue weighted by molar-refractivity contribution is 5.99. The molecule has 8 heteroatoms. The maximum atomic E-state index is 13.7. The highest BCUT2D eigenvalue weighted by atomic mass is 16.5. The van der Waals surface area contributed by atoms with Crippen LogP contribution in [0.1, 0.15) is 40.2 Å². The number of hydrogen-bond acceptors (Lipinski definition) is 7. The third kappa shape index (κ3) is 4.24. The van der Waals surface area contributed by atoms with Crippen molar-refractivity contribution in [3.8, 4) is 23.0 Å². The van der Waals surface area contributed by atoms with Crippen LogP contribution in [0.5, 0.6) is 23.0 Å². The number of fused-ring (bicyclic) bond motifs is 2. The number of ether oxygens (including phenoxy) is 3. The fourth-order valence-corrected chi connectivity index (χ4v) is 4.80. The molecule has 0 aliphatic carbocycles. The molecular formula is C29H27NO7. The fourth-order valence-electron chi connectivity index (χ4n) is 4.80. The Morgan fingerprint density at radius 2 is 1.73 bits per heavy atom. The lowest BCUT2D eigenvalue weighted by Crippen LogP contribution is -2.31. The lowest BCUT2D eigenvalue weighted by Gasteiger charge is -2.26. The molecule has 0 bridgehead atoms. The molecule has 8 nitrogen and oxygen atoms in total. The number of hydrogen-bond donors (Lipinski definition) is 1. The zero-order chi connectivity index (χ0) is 26.1. The number of carbonyl (C=O) groups excluding carboxylic acids is 1. The summed E-state index contributed by atoms with van der Waals surface area (Å²) in [6.45, 7) is 2.48. The molecular weight excluding hydrogens is 474 g/mol. The van der Waals surface area contributed by atoms with Gasteiger partial charge in [0.25, 0.3) is 5.91 Å². The van der Waals surface area contributed by atoms with Crippen molar-refractivity contribution < 1.29 is 28.5 Å². The van der Waals surface area contributed by atoms with Crippen molar-refractivity contribution in [2.45, 2.75) is 19.4 Å². The predicted octanol–water partition coefficient (Wildman–Crippen LogP) is 4.70. The number of benzene rings is 3. The van der Waals surface area contributed by atoms with Gasteiger partial charge in [0, 0.05) is 6.54 Å². The van der Waals surface area contributed by atoms with E-state index >= 15 is 0 Å². The summed E-state index contributed by atoms with van der Waals surface area (Å²) < 4.78 is 22.3. The summed E-state index contributed by atoms with van der Waals surface area (Å²) in [6, 6.07) is 16.7. The lowest BCUT2D eigenvalue weighted by molar-refractivity contribution is 0.0729. The number of amides is 1. The Bertz CT molecular complexity index is 1540. The van der Waals surface area contributed by atoms with Gasteiger partial charge in [0.2, 0.25) is 5.76 Å². The average molecular weight is 502 g/mol. The number of aromatic hydroxyl groups is 1. The molecule has 0 fully saturated rings. The van der Waals surface area contributed by atoms with Gasteiger partial charge in [-0.2, -0.15) is 0 Å². The van der Waals surface area contributed by atoms with Gasteiger partial charge in [-0.3, -0.25) is 9.59 Å². The van der Waals surface area contributed by atoms with Gasteiger partial charge in [0.05, 0.1) is 37.8 Å². The topological polar surface area (TPSA) is 98.4 Å². The highest BCUT2D eigenvalue weighted by Crippen LogP contribution is 2.41. The Hall–Kier alpha value is -4.46. The molecule has 5 rings (SSSR count). The van der Waals surface area contributed by atoms with Crippen LogP contribution in [0.4, 0.5) is 0 Å². The molecule has 2 heterocycles. The van der Waals surface area contributed by atoms with E-state index in [1.54, 1.807) is 55.5 Å². The summed E-state index contributed by atoms with van der Waals surface area (Å²) in [5, 5.41) is 10.7. The van der Waals surface area contributed by atoms with Crippen LogP contribution in [0, 0.1) is 0 Å². The van der Waals surface area contributed by atoms with Crippen molar-refractivity contribution in [3.63, 3.8) is 0 Å². The van der Waals surface area contributed by atoms with Crippen LogP contribution < -0.4 is 19.6 Å². The molecule has 1 atom stereocenters. The minimum atomic E-state index is -0.705. The van der Waals surface area contributed by atoms with Crippen molar-refractivity contribution in [2.75, 3.05) is 27.4 Å². The van der Waals surface area contributed by atoms with Crippen molar-refractivity contribution >= 4 is 16.9 Å². The van der Waals surface area contributed by atoms with E-state index in [0.717, 1.165) is 5.56 Å². The van der Waals surface area contributed by atoms with Crippen LogP contribution in [0.25, 0.3) is 11.0 Å². The van der Waals surface area contributed by atoms with Gasteiger partial charge in [-0.1, -0.05) is 24.3 Å². The Balaban J connectivity index is 1.60. The van der Waals surface area contributed by atoms with E-state index in [-0.39, 0.29) is 34.2 Å². The van der Waals surface area contributed by atoms with Gasteiger partial charge in [0.1, 0.15) is 5.58 Å². The molecule has 37 heavy (non-hydrogen) atoms. The number of phenolic OH excluding ortho intramolecular Hbond substituents is 1. The van der Waals surface area contributed by atoms with Crippen molar-refractivity contribution in [2.24, 2.45) is 0 Å². The Morgan fingerprint density at radius 3 is 2.49 bits per heavy atom. The number of carbonyl (C=O) groups is 1. The van der Waals surface area contributed by atoms with E-state index in [1.165, 1.54) is 6.07 Å².